The molecule has 0 spiro atoms. The molecule has 1 aromatic carbocycles. The molecule has 51 heavy (non-hydrogen) atoms. The summed E-state index contributed by atoms with van der Waals surface area (Å²) in [4.78, 5) is 77.1. The number of carbonyl (C=O) groups is 6. The normalized spacial score (nSPS) is 16.2. The Morgan fingerprint density at radius 3 is 1.86 bits per heavy atom. The van der Waals surface area contributed by atoms with E-state index in [9.17, 15) is 28.8 Å². The van der Waals surface area contributed by atoms with Gasteiger partial charge >= 0.3 is 5.97 Å². The number of rotatable bonds is 23. The van der Waals surface area contributed by atoms with E-state index in [1.165, 1.54) is 13.3 Å². The van der Waals surface area contributed by atoms with Gasteiger partial charge < -0.3 is 42.6 Å². The first-order valence-electron chi connectivity index (χ1n) is 18.3. The number of Topliss-reactive ketones (excluding diaryl/α,β-unsaturated/α-hetero) is 1. The number of ketones is 1. The Bertz CT molecular complexity index is 1280. The third-order valence-corrected chi connectivity index (χ3v) is 9.13. The molecule has 0 bridgehead atoms. The molecule has 1 aliphatic rings. The van der Waals surface area contributed by atoms with E-state index in [0.717, 1.165) is 31.2 Å². The third-order valence-electron chi connectivity index (χ3n) is 9.13. The van der Waals surface area contributed by atoms with Crippen molar-refractivity contribution in [2.75, 3.05) is 19.7 Å². The Kier molecular flexibility index (Phi) is 19.2. The number of aliphatic carboxylic acids is 1. The van der Waals surface area contributed by atoms with Crippen LogP contribution in [0.25, 0.3) is 0 Å². The number of hydrogen-bond donors (Lipinski definition) is 7. The van der Waals surface area contributed by atoms with Crippen LogP contribution in [0.2, 0.25) is 0 Å². The summed E-state index contributed by atoms with van der Waals surface area (Å²) in [7, 11) is 0. The number of nitrogens with one attached hydrogen (secondary N) is 4. The SMILES string of the molecule is CC(=O)[C@H](CC1CCCCC1)NC(=O)[C@H](CCN)NC(=O)[C@@H](CC(C)C)NC(=O)[C@H](CCCN)NC(=O)[C@@H](C)Cc1ccc(OCC(=O)O)cc1. The van der Waals surface area contributed by atoms with Gasteiger partial charge in [-0.1, -0.05) is 65.0 Å². The smallest absolute Gasteiger partial charge is 0.341 e. The van der Waals surface area contributed by atoms with E-state index in [-0.39, 0.29) is 43.4 Å². The number of amides is 4. The van der Waals surface area contributed by atoms with Crippen LogP contribution in [0, 0.1) is 17.8 Å². The van der Waals surface area contributed by atoms with Crippen molar-refractivity contribution in [2.24, 2.45) is 29.2 Å². The summed E-state index contributed by atoms with van der Waals surface area (Å²) in [5, 5.41) is 20.0. The van der Waals surface area contributed by atoms with Crippen molar-refractivity contribution in [3.05, 3.63) is 29.8 Å². The van der Waals surface area contributed by atoms with Gasteiger partial charge in [0.05, 0.1) is 6.04 Å². The highest BCUT2D eigenvalue weighted by Gasteiger charge is 2.32. The van der Waals surface area contributed by atoms with Crippen molar-refractivity contribution in [3.63, 3.8) is 0 Å². The van der Waals surface area contributed by atoms with Crippen LogP contribution in [0.3, 0.4) is 0 Å². The second-order valence-corrected chi connectivity index (χ2v) is 14.2. The molecule has 0 aliphatic heterocycles. The van der Waals surface area contributed by atoms with Gasteiger partial charge in [0, 0.05) is 5.92 Å². The molecule has 9 N–H and O–H groups in total. The van der Waals surface area contributed by atoms with E-state index in [1.807, 2.05) is 13.8 Å². The Balaban J connectivity index is 2.10. The molecule has 0 radical (unpaired) electrons. The van der Waals surface area contributed by atoms with Gasteiger partial charge in [0.2, 0.25) is 23.6 Å². The number of hydrogen-bond acceptors (Lipinski definition) is 9. The van der Waals surface area contributed by atoms with Gasteiger partial charge in [-0.3, -0.25) is 24.0 Å². The maximum atomic E-state index is 13.7. The number of carbonyl (C=O) groups excluding carboxylic acids is 5. The molecule has 5 atom stereocenters. The van der Waals surface area contributed by atoms with Gasteiger partial charge in [0.25, 0.3) is 0 Å². The molecule has 14 nitrogen and oxygen atoms in total. The molecule has 0 saturated heterocycles. The maximum absolute atomic E-state index is 13.7. The van der Waals surface area contributed by atoms with E-state index >= 15 is 0 Å². The Hall–Kier alpha value is -4.04. The van der Waals surface area contributed by atoms with Crippen LogP contribution in [-0.4, -0.2) is 84.4 Å². The lowest BCUT2D eigenvalue weighted by Crippen LogP contribution is -2.58. The van der Waals surface area contributed by atoms with E-state index in [2.05, 4.69) is 21.3 Å². The van der Waals surface area contributed by atoms with Crippen molar-refractivity contribution < 1.29 is 38.6 Å². The quantitative estimate of drug-likeness (QED) is 0.0870. The van der Waals surface area contributed by atoms with Crippen LogP contribution in [0.1, 0.15) is 97.5 Å². The molecule has 1 aliphatic carbocycles. The van der Waals surface area contributed by atoms with Crippen LogP contribution < -0.4 is 37.5 Å². The fourth-order valence-electron chi connectivity index (χ4n) is 6.26. The molecule has 14 heteroatoms. The van der Waals surface area contributed by atoms with Crippen molar-refractivity contribution in [2.45, 2.75) is 122 Å². The Morgan fingerprint density at radius 2 is 1.31 bits per heavy atom. The van der Waals surface area contributed by atoms with Gasteiger partial charge in [0.15, 0.2) is 12.4 Å². The van der Waals surface area contributed by atoms with E-state index in [1.54, 1.807) is 31.2 Å². The fourth-order valence-corrected chi connectivity index (χ4v) is 6.26. The van der Waals surface area contributed by atoms with E-state index in [4.69, 9.17) is 21.3 Å². The summed E-state index contributed by atoms with van der Waals surface area (Å²) in [6, 6.07) is 3.10. The fraction of sp³-hybridized carbons (Fsp3) is 0.676. The molecule has 1 saturated carbocycles. The van der Waals surface area contributed by atoms with Crippen LogP contribution in [0.4, 0.5) is 0 Å². The molecular weight excluding hydrogens is 656 g/mol. The van der Waals surface area contributed by atoms with Crippen LogP contribution in [0.5, 0.6) is 5.75 Å². The summed E-state index contributed by atoms with van der Waals surface area (Å²) in [5.74, 6) is -2.98. The minimum absolute atomic E-state index is 0.00144. The van der Waals surface area contributed by atoms with Gasteiger partial charge in [-0.2, -0.15) is 0 Å². The lowest BCUT2D eigenvalue weighted by atomic mass is 9.84. The maximum Gasteiger partial charge on any atom is 0.341 e. The van der Waals surface area contributed by atoms with Gasteiger partial charge in [-0.05, 0) is 88.1 Å². The topological polar surface area (TPSA) is 232 Å². The zero-order valence-electron chi connectivity index (χ0n) is 30.7. The molecule has 1 fully saturated rings. The van der Waals surface area contributed by atoms with Gasteiger partial charge in [-0.25, -0.2) is 4.79 Å². The van der Waals surface area contributed by atoms with E-state index in [0.29, 0.717) is 37.5 Å². The Labute approximate surface area is 301 Å². The van der Waals surface area contributed by atoms with Crippen molar-refractivity contribution >= 4 is 35.4 Å². The van der Waals surface area contributed by atoms with E-state index < -0.39 is 60.4 Å². The second kappa shape index (κ2) is 22.7. The number of nitrogens with two attached hydrogens (primary N) is 2. The minimum Gasteiger partial charge on any atom is -0.482 e. The van der Waals surface area contributed by atoms with Crippen molar-refractivity contribution in [1.82, 2.24) is 21.3 Å². The first kappa shape index (κ1) is 43.1. The highest BCUT2D eigenvalue weighted by atomic mass is 16.5. The van der Waals surface area contributed by atoms with Gasteiger partial charge in [-0.15, -0.1) is 0 Å². The number of carboxylic acid groups (broad SMARTS) is 1. The lowest BCUT2D eigenvalue weighted by Gasteiger charge is -2.29. The summed E-state index contributed by atoms with van der Waals surface area (Å²) in [6.45, 7) is 6.93. The summed E-state index contributed by atoms with van der Waals surface area (Å²) in [5.41, 5.74) is 12.4. The predicted octanol–water partition coefficient (Wildman–Crippen LogP) is 1.96. The standard InChI is InChI=1S/C37H60N6O8/c1-23(2)19-32(37(50)41-30(16-18-39)36(49)42-31(25(4)44)21-26-9-6-5-7-10-26)43-35(48)29(11-8-17-38)40-34(47)24(3)20-27-12-14-28(15-13-27)51-22-33(45)46/h12-15,23-24,26,29-32H,5-11,16-22,38-39H2,1-4H3,(H,40,47)(H,41,50)(H,42,49)(H,43,48)(H,45,46)/t24-,29-,30-,31-,32+/m0/s1. The first-order chi connectivity index (χ1) is 24.2. The highest BCUT2D eigenvalue weighted by molar-refractivity contribution is 5.95. The lowest BCUT2D eigenvalue weighted by molar-refractivity contribution is -0.139. The first-order valence-corrected chi connectivity index (χ1v) is 18.3. The molecule has 1 aromatic rings. The molecule has 286 valence electrons. The molecule has 0 aromatic heterocycles. The molecule has 0 heterocycles. The van der Waals surface area contributed by atoms with Gasteiger partial charge in [0.1, 0.15) is 23.9 Å². The average Bonchev–Trinajstić information content (AvgIpc) is 3.08. The second-order valence-electron chi connectivity index (χ2n) is 14.2. The minimum atomic E-state index is -1.09. The summed E-state index contributed by atoms with van der Waals surface area (Å²) in [6.07, 6.45) is 7.45. The molecule has 2 rings (SSSR count). The summed E-state index contributed by atoms with van der Waals surface area (Å²) < 4.78 is 5.16. The van der Waals surface area contributed by atoms with Crippen molar-refractivity contribution in [1.29, 1.82) is 0 Å². The Morgan fingerprint density at radius 1 is 0.765 bits per heavy atom. The zero-order chi connectivity index (χ0) is 37.9. The highest BCUT2D eigenvalue weighted by Crippen LogP contribution is 2.27. The monoisotopic (exact) mass is 716 g/mol. The zero-order valence-corrected chi connectivity index (χ0v) is 30.7. The number of ether oxygens (including phenoxy) is 1. The third kappa shape index (κ3) is 16.2. The average molecular weight is 717 g/mol. The van der Waals surface area contributed by atoms with Crippen molar-refractivity contribution in [3.8, 4) is 5.75 Å². The van der Waals surface area contributed by atoms with Crippen LogP contribution in [0.15, 0.2) is 24.3 Å². The molecule has 0 unspecified atom stereocenters. The molecular formula is C37H60N6O8. The summed E-state index contributed by atoms with van der Waals surface area (Å²) >= 11 is 0. The number of benzene rings is 1. The largest absolute Gasteiger partial charge is 0.482 e. The number of carboxylic acids is 1. The predicted molar refractivity (Wildman–Crippen MR) is 193 cm³/mol. The van der Waals surface area contributed by atoms with Crippen LogP contribution in [-0.2, 0) is 35.2 Å². The molecule has 4 amide bonds. The van der Waals surface area contributed by atoms with Crippen LogP contribution >= 0.6 is 0 Å².